The zero-order valence-electron chi connectivity index (χ0n) is 13.7. The fraction of sp³-hybridized carbons (Fsp3) is 0.235. The Bertz CT molecular complexity index is 974. The lowest BCUT2D eigenvalue weighted by molar-refractivity contribution is -0.138. The molecular formula is C17H15F3N4O2. The summed E-state index contributed by atoms with van der Waals surface area (Å²) in [5.74, 6) is -0.0877. The predicted octanol–water partition coefficient (Wildman–Crippen LogP) is 2.62. The number of H-pyrrole nitrogens is 1. The van der Waals surface area contributed by atoms with Crippen molar-refractivity contribution in [2.24, 2.45) is 0 Å². The predicted molar refractivity (Wildman–Crippen MR) is 88.4 cm³/mol. The van der Waals surface area contributed by atoms with Gasteiger partial charge in [0.25, 0.3) is 5.56 Å². The molecule has 9 heteroatoms. The Morgan fingerprint density at radius 2 is 2.00 bits per heavy atom. The summed E-state index contributed by atoms with van der Waals surface area (Å²) in [6, 6.07) is 8.29. The summed E-state index contributed by atoms with van der Waals surface area (Å²) < 4.78 is 39.0. The smallest absolute Gasteiger partial charge is 0.345 e. The second kappa shape index (κ2) is 6.66. The first-order valence-corrected chi connectivity index (χ1v) is 7.76. The molecule has 0 fully saturated rings. The molecule has 0 aliphatic carbocycles. The third-order valence-corrected chi connectivity index (χ3v) is 3.82. The van der Waals surface area contributed by atoms with E-state index >= 15 is 0 Å². The Hall–Kier alpha value is -3.10. The summed E-state index contributed by atoms with van der Waals surface area (Å²) in [6.45, 7) is 1.16. The number of aromatic amines is 1. The van der Waals surface area contributed by atoms with Crippen LogP contribution in [-0.4, -0.2) is 20.4 Å². The fourth-order valence-electron chi connectivity index (χ4n) is 2.51. The van der Waals surface area contributed by atoms with Gasteiger partial charge in [-0.1, -0.05) is 12.1 Å². The van der Waals surface area contributed by atoms with E-state index in [1.54, 1.807) is 6.92 Å². The average molecular weight is 364 g/mol. The molecule has 0 saturated carbocycles. The number of nitrogens with zero attached hydrogens (tertiary/aromatic N) is 2. The van der Waals surface area contributed by atoms with E-state index in [0.29, 0.717) is 18.1 Å². The van der Waals surface area contributed by atoms with Crippen LogP contribution in [0.1, 0.15) is 24.4 Å². The highest BCUT2D eigenvalue weighted by Gasteiger charge is 2.31. The zero-order chi connectivity index (χ0) is 18.9. The van der Waals surface area contributed by atoms with Crippen molar-refractivity contribution >= 4 is 16.9 Å². The molecule has 26 heavy (non-hydrogen) atoms. The Morgan fingerprint density at radius 3 is 2.69 bits per heavy atom. The third kappa shape index (κ3) is 3.76. The van der Waals surface area contributed by atoms with Crippen LogP contribution in [0.25, 0.3) is 11.0 Å². The molecule has 0 aliphatic heterocycles. The molecule has 0 radical (unpaired) electrons. The van der Waals surface area contributed by atoms with Gasteiger partial charge in [0.1, 0.15) is 12.4 Å². The summed E-state index contributed by atoms with van der Waals surface area (Å²) in [5.41, 5.74) is -0.143. The normalized spacial score (nSPS) is 12.9. The van der Waals surface area contributed by atoms with Crippen LogP contribution >= 0.6 is 0 Å². The third-order valence-electron chi connectivity index (χ3n) is 3.82. The lowest BCUT2D eigenvalue weighted by atomic mass is 10.2. The van der Waals surface area contributed by atoms with Crippen molar-refractivity contribution < 1.29 is 18.0 Å². The number of fused-ring (bicyclic) bond motifs is 1. The van der Waals surface area contributed by atoms with E-state index in [4.69, 9.17) is 0 Å². The van der Waals surface area contributed by atoms with Crippen LogP contribution in [0, 0.1) is 0 Å². The zero-order valence-corrected chi connectivity index (χ0v) is 13.7. The number of alkyl halides is 3. The van der Waals surface area contributed by atoms with Gasteiger partial charge in [0, 0.05) is 12.3 Å². The number of hydrogen-bond acceptors (Lipinski definition) is 3. The average Bonchev–Trinajstić information content (AvgIpc) is 3.00. The fourth-order valence-corrected chi connectivity index (χ4v) is 2.51. The molecule has 2 heterocycles. The Balaban J connectivity index is 1.73. The highest BCUT2D eigenvalue weighted by atomic mass is 19.4. The van der Waals surface area contributed by atoms with E-state index in [1.807, 2.05) is 24.3 Å². The van der Waals surface area contributed by atoms with Crippen LogP contribution in [-0.2, 0) is 17.5 Å². The number of imidazole rings is 1. The number of carbonyl (C=O) groups excluding carboxylic acids is 1. The Labute approximate surface area is 145 Å². The van der Waals surface area contributed by atoms with Crippen LogP contribution in [0.2, 0.25) is 0 Å². The molecule has 0 spiro atoms. The van der Waals surface area contributed by atoms with E-state index in [9.17, 15) is 22.8 Å². The maximum Gasteiger partial charge on any atom is 0.417 e. The van der Waals surface area contributed by atoms with Gasteiger partial charge in [-0.25, -0.2) is 4.98 Å². The first kappa shape index (κ1) is 17.7. The second-order valence-electron chi connectivity index (χ2n) is 5.81. The van der Waals surface area contributed by atoms with Crippen molar-refractivity contribution in [1.82, 2.24) is 19.9 Å². The number of amides is 1. The van der Waals surface area contributed by atoms with Crippen molar-refractivity contribution in [3.63, 3.8) is 0 Å². The van der Waals surface area contributed by atoms with Crippen LogP contribution in [0.4, 0.5) is 13.2 Å². The van der Waals surface area contributed by atoms with E-state index in [-0.39, 0.29) is 0 Å². The minimum absolute atomic E-state index is 0.503. The number of benzene rings is 1. The van der Waals surface area contributed by atoms with Gasteiger partial charge < -0.3 is 14.9 Å². The SMILES string of the molecule is C[C@H](NC(=O)Cn1cc(C(F)(F)F)ccc1=O)c1nc2ccccc2[nH]1. The van der Waals surface area contributed by atoms with Crippen LogP contribution < -0.4 is 10.9 Å². The quantitative estimate of drug-likeness (QED) is 0.747. The van der Waals surface area contributed by atoms with Gasteiger partial charge in [0.15, 0.2) is 0 Å². The lowest BCUT2D eigenvalue weighted by Crippen LogP contribution is -2.34. The summed E-state index contributed by atoms with van der Waals surface area (Å²) in [4.78, 5) is 31.2. The highest BCUT2D eigenvalue weighted by Crippen LogP contribution is 2.28. The first-order chi connectivity index (χ1) is 12.2. The topological polar surface area (TPSA) is 79.8 Å². The van der Waals surface area contributed by atoms with E-state index in [2.05, 4.69) is 15.3 Å². The maximum absolute atomic E-state index is 12.7. The molecule has 3 rings (SSSR count). The minimum atomic E-state index is -4.59. The lowest BCUT2D eigenvalue weighted by Gasteiger charge is -2.13. The molecule has 2 aromatic heterocycles. The highest BCUT2D eigenvalue weighted by molar-refractivity contribution is 5.77. The number of para-hydroxylation sites is 2. The van der Waals surface area contributed by atoms with E-state index < -0.39 is 35.8 Å². The summed E-state index contributed by atoms with van der Waals surface area (Å²) in [5, 5.41) is 2.62. The number of aromatic nitrogens is 3. The van der Waals surface area contributed by atoms with Crippen molar-refractivity contribution in [2.75, 3.05) is 0 Å². The molecule has 1 atom stereocenters. The monoisotopic (exact) mass is 364 g/mol. The van der Waals surface area contributed by atoms with Crippen LogP contribution in [0.15, 0.2) is 47.4 Å². The molecule has 0 unspecified atom stereocenters. The molecule has 1 amide bonds. The van der Waals surface area contributed by atoms with Gasteiger partial charge in [-0.15, -0.1) is 0 Å². The van der Waals surface area contributed by atoms with Crippen molar-refractivity contribution in [3.05, 3.63) is 64.3 Å². The number of hydrogen-bond donors (Lipinski definition) is 2. The number of halogens is 3. The largest absolute Gasteiger partial charge is 0.417 e. The van der Waals surface area contributed by atoms with Crippen LogP contribution in [0.5, 0.6) is 0 Å². The molecule has 2 N–H and O–H groups in total. The number of nitrogens with one attached hydrogen (secondary N) is 2. The number of rotatable bonds is 4. The molecule has 1 aromatic carbocycles. The Kier molecular flexibility index (Phi) is 4.54. The van der Waals surface area contributed by atoms with Crippen molar-refractivity contribution in [1.29, 1.82) is 0 Å². The second-order valence-corrected chi connectivity index (χ2v) is 5.81. The van der Waals surface area contributed by atoms with Gasteiger partial charge in [0.05, 0.1) is 22.6 Å². The summed E-state index contributed by atoms with van der Waals surface area (Å²) in [6.07, 6.45) is -3.96. The molecule has 0 saturated heterocycles. The molecule has 0 bridgehead atoms. The molecule has 6 nitrogen and oxygen atoms in total. The molecule has 136 valence electrons. The number of carbonyl (C=O) groups is 1. The van der Waals surface area contributed by atoms with Crippen molar-refractivity contribution in [3.8, 4) is 0 Å². The van der Waals surface area contributed by atoms with Gasteiger partial charge in [-0.05, 0) is 25.1 Å². The van der Waals surface area contributed by atoms with Gasteiger partial charge in [0.2, 0.25) is 5.91 Å². The molecular weight excluding hydrogens is 349 g/mol. The van der Waals surface area contributed by atoms with E-state index in [0.717, 1.165) is 21.7 Å². The Morgan fingerprint density at radius 1 is 1.27 bits per heavy atom. The first-order valence-electron chi connectivity index (χ1n) is 7.76. The summed E-state index contributed by atoms with van der Waals surface area (Å²) in [7, 11) is 0. The van der Waals surface area contributed by atoms with Crippen molar-refractivity contribution in [2.45, 2.75) is 25.7 Å². The maximum atomic E-state index is 12.7. The minimum Gasteiger partial charge on any atom is -0.345 e. The standard InChI is InChI=1S/C17H15F3N4O2/c1-10(16-22-12-4-2-3-5-13(12)23-16)21-14(25)9-24-8-11(17(18,19)20)6-7-15(24)26/h2-8,10H,9H2,1H3,(H,21,25)(H,22,23)/t10-/m0/s1. The van der Waals surface area contributed by atoms with Gasteiger partial charge in [-0.2, -0.15) is 13.2 Å². The molecule has 0 aliphatic rings. The number of pyridine rings is 1. The van der Waals surface area contributed by atoms with Crippen LogP contribution in [0.3, 0.4) is 0 Å². The van der Waals surface area contributed by atoms with E-state index in [1.165, 1.54) is 0 Å². The summed E-state index contributed by atoms with van der Waals surface area (Å²) >= 11 is 0. The van der Waals surface area contributed by atoms with Gasteiger partial charge in [-0.3, -0.25) is 9.59 Å². The van der Waals surface area contributed by atoms with Gasteiger partial charge >= 0.3 is 6.18 Å². The molecule has 3 aromatic rings.